The first-order valence-electron chi connectivity index (χ1n) is 7.68. The second-order valence-electron chi connectivity index (χ2n) is 5.35. The van der Waals surface area contributed by atoms with Crippen molar-refractivity contribution in [2.24, 2.45) is 0 Å². The topological polar surface area (TPSA) is 52.6 Å². The van der Waals surface area contributed by atoms with Gasteiger partial charge in [-0.05, 0) is 11.1 Å². The Hall–Kier alpha value is -2.95. The van der Waals surface area contributed by atoms with Gasteiger partial charge >= 0.3 is 17.6 Å². The monoisotopic (exact) mass is 342 g/mol. The minimum atomic E-state index is -2.99. The fourth-order valence-electron chi connectivity index (χ4n) is 2.54. The number of carbonyl (C=O) groups excluding carboxylic acids is 2. The highest BCUT2D eigenvalue weighted by atomic mass is 19.1. The summed E-state index contributed by atoms with van der Waals surface area (Å²) in [6.45, 7) is 0. The summed E-state index contributed by atoms with van der Waals surface area (Å²) in [5.41, 5.74) is -1.73. The van der Waals surface area contributed by atoms with Crippen molar-refractivity contribution in [3.63, 3.8) is 0 Å². The molecule has 0 heterocycles. The number of rotatable bonds is 6. The minimum absolute atomic E-state index is 0.452. The lowest BCUT2D eigenvalue weighted by Crippen LogP contribution is -2.48. The number of halogens is 1. The number of carbonyl (C=O) groups is 2. The minimum Gasteiger partial charge on any atom is -0.466 e. The third-order valence-corrected chi connectivity index (χ3v) is 3.83. The summed E-state index contributed by atoms with van der Waals surface area (Å²) >= 11 is 0. The number of alkyl halides is 1. The first-order chi connectivity index (χ1) is 12.0. The molecule has 4 nitrogen and oxygen atoms in total. The largest absolute Gasteiger partial charge is 0.466 e. The Kier molecular flexibility index (Phi) is 6.06. The zero-order valence-corrected chi connectivity index (χ0v) is 14.0. The third kappa shape index (κ3) is 3.94. The van der Waals surface area contributed by atoms with Gasteiger partial charge in [0.15, 0.2) is 0 Å². The molecule has 0 fully saturated rings. The molecule has 2 rings (SSSR count). The SMILES string of the molecule is COC(=O)C(F)(C(=O)OC)[C@@H](/C=C/c1ccccc1)c1ccccc1. The second-order valence-corrected chi connectivity index (χ2v) is 5.35. The van der Waals surface area contributed by atoms with Gasteiger partial charge in [-0.3, -0.25) is 0 Å². The van der Waals surface area contributed by atoms with Crippen LogP contribution < -0.4 is 0 Å². The molecule has 2 aromatic rings. The number of methoxy groups -OCH3 is 2. The molecular formula is C20H19FO4. The van der Waals surface area contributed by atoms with Gasteiger partial charge in [0.25, 0.3) is 0 Å². The van der Waals surface area contributed by atoms with Gasteiger partial charge < -0.3 is 9.47 Å². The fraction of sp³-hybridized carbons (Fsp3) is 0.200. The van der Waals surface area contributed by atoms with Gasteiger partial charge in [-0.2, -0.15) is 0 Å². The van der Waals surface area contributed by atoms with Gasteiger partial charge in [-0.15, -0.1) is 0 Å². The van der Waals surface area contributed by atoms with Crippen molar-refractivity contribution in [3.8, 4) is 0 Å². The zero-order valence-electron chi connectivity index (χ0n) is 14.0. The van der Waals surface area contributed by atoms with Crippen molar-refractivity contribution >= 4 is 18.0 Å². The summed E-state index contributed by atoms with van der Waals surface area (Å²) < 4.78 is 24.7. The van der Waals surface area contributed by atoms with Gasteiger partial charge in [-0.25, -0.2) is 14.0 Å². The molecule has 0 aliphatic rings. The zero-order chi connectivity index (χ0) is 18.3. The van der Waals surface area contributed by atoms with Gasteiger partial charge in [0.2, 0.25) is 0 Å². The smallest absolute Gasteiger partial charge is 0.356 e. The molecule has 1 atom stereocenters. The van der Waals surface area contributed by atoms with Crippen LogP contribution in [0.15, 0.2) is 66.7 Å². The lowest BCUT2D eigenvalue weighted by atomic mass is 9.82. The van der Waals surface area contributed by atoms with Gasteiger partial charge in [0.05, 0.1) is 20.1 Å². The van der Waals surface area contributed by atoms with E-state index in [2.05, 4.69) is 9.47 Å². The second kappa shape index (κ2) is 8.24. The molecule has 0 amide bonds. The summed E-state index contributed by atoms with van der Waals surface area (Å²) in [6.07, 6.45) is 3.12. The van der Waals surface area contributed by atoms with E-state index in [1.165, 1.54) is 6.08 Å². The van der Waals surface area contributed by atoms with E-state index in [9.17, 15) is 9.59 Å². The van der Waals surface area contributed by atoms with Crippen LogP contribution in [0, 0.1) is 0 Å². The van der Waals surface area contributed by atoms with E-state index in [4.69, 9.17) is 0 Å². The van der Waals surface area contributed by atoms with Gasteiger partial charge in [0.1, 0.15) is 0 Å². The number of hydrogen-bond donors (Lipinski definition) is 0. The molecule has 5 heteroatoms. The molecule has 0 aliphatic heterocycles. The molecule has 0 aromatic heterocycles. The summed E-state index contributed by atoms with van der Waals surface area (Å²) in [7, 11) is 2.06. The van der Waals surface area contributed by atoms with Crippen LogP contribution in [-0.4, -0.2) is 31.8 Å². The van der Waals surface area contributed by atoms with Crippen LogP contribution in [0.2, 0.25) is 0 Å². The Balaban J connectivity index is 2.55. The first-order valence-corrected chi connectivity index (χ1v) is 7.68. The van der Waals surface area contributed by atoms with E-state index in [1.807, 2.05) is 30.3 Å². The van der Waals surface area contributed by atoms with Crippen LogP contribution >= 0.6 is 0 Å². The lowest BCUT2D eigenvalue weighted by molar-refractivity contribution is -0.172. The van der Waals surface area contributed by atoms with Crippen molar-refractivity contribution < 1.29 is 23.5 Å². The van der Waals surface area contributed by atoms with Crippen LogP contribution in [0.5, 0.6) is 0 Å². The number of hydrogen-bond acceptors (Lipinski definition) is 4. The molecule has 130 valence electrons. The summed E-state index contributed by atoms with van der Waals surface area (Å²) in [5.74, 6) is -3.80. The first kappa shape index (κ1) is 18.4. The maximum atomic E-state index is 15.6. The Morgan fingerprint density at radius 3 is 1.88 bits per heavy atom. The highest BCUT2D eigenvalue weighted by Crippen LogP contribution is 2.36. The average molecular weight is 342 g/mol. The molecule has 0 spiro atoms. The van der Waals surface area contributed by atoms with Crippen molar-refractivity contribution in [2.75, 3.05) is 14.2 Å². The van der Waals surface area contributed by atoms with Gasteiger partial charge in [0, 0.05) is 0 Å². The highest BCUT2D eigenvalue weighted by molar-refractivity contribution is 6.05. The molecule has 2 aromatic carbocycles. The summed E-state index contributed by atoms with van der Waals surface area (Å²) in [5, 5.41) is 0. The van der Waals surface area contributed by atoms with Crippen molar-refractivity contribution in [2.45, 2.75) is 11.6 Å². The molecular weight excluding hydrogens is 323 g/mol. The van der Waals surface area contributed by atoms with Crippen LogP contribution in [0.4, 0.5) is 4.39 Å². The van der Waals surface area contributed by atoms with Crippen molar-refractivity contribution in [1.82, 2.24) is 0 Å². The molecule has 0 radical (unpaired) electrons. The van der Waals surface area contributed by atoms with E-state index in [0.29, 0.717) is 5.56 Å². The maximum Gasteiger partial charge on any atom is 0.356 e. The predicted molar refractivity (Wildman–Crippen MR) is 92.5 cm³/mol. The highest BCUT2D eigenvalue weighted by Gasteiger charge is 2.55. The lowest BCUT2D eigenvalue weighted by Gasteiger charge is -2.27. The van der Waals surface area contributed by atoms with Crippen molar-refractivity contribution in [3.05, 3.63) is 77.9 Å². The molecule has 0 N–H and O–H groups in total. The summed E-state index contributed by atoms with van der Waals surface area (Å²) in [6, 6.07) is 17.6. The predicted octanol–water partition coefficient (Wildman–Crippen LogP) is 3.54. The van der Waals surface area contributed by atoms with Crippen molar-refractivity contribution in [1.29, 1.82) is 0 Å². The van der Waals surface area contributed by atoms with E-state index < -0.39 is 23.5 Å². The standard InChI is InChI=1S/C20H19FO4/c1-24-18(22)20(21,19(23)25-2)17(16-11-7-4-8-12-16)14-13-15-9-5-3-6-10-15/h3-14,17H,1-2H3/b14-13+/t17-/m0/s1. The Bertz CT molecular complexity index is 725. The molecule has 0 saturated heterocycles. The van der Waals surface area contributed by atoms with E-state index in [1.54, 1.807) is 36.4 Å². The number of benzene rings is 2. The average Bonchev–Trinajstić information content (AvgIpc) is 2.68. The third-order valence-electron chi connectivity index (χ3n) is 3.83. The van der Waals surface area contributed by atoms with Crippen LogP contribution in [0.3, 0.4) is 0 Å². The van der Waals surface area contributed by atoms with E-state index in [-0.39, 0.29) is 0 Å². The maximum absolute atomic E-state index is 15.6. The Morgan fingerprint density at radius 1 is 0.920 bits per heavy atom. The number of ether oxygens (including phenoxy) is 2. The van der Waals surface area contributed by atoms with Crippen LogP contribution in [0.1, 0.15) is 17.0 Å². The molecule has 0 aliphatic carbocycles. The quantitative estimate of drug-likeness (QED) is 0.595. The normalized spacial score (nSPS) is 12.6. The van der Waals surface area contributed by atoms with E-state index in [0.717, 1.165) is 19.8 Å². The Morgan fingerprint density at radius 2 is 1.40 bits per heavy atom. The number of esters is 2. The molecule has 0 saturated carbocycles. The Labute approximate surface area is 145 Å². The number of allylic oxidation sites excluding steroid dienone is 1. The van der Waals surface area contributed by atoms with Crippen LogP contribution in [0.25, 0.3) is 6.08 Å². The van der Waals surface area contributed by atoms with E-state index >= 15 is 4.39 Å². The summed E-state index contributed by atoms with van der Waals surface area (Å²) in [4.78, 5) is 24.3. The van der Waals surface area contributed by atoms with Crippen LogP contribution in [-0.2, 0) is 19.1 Å². The molecule has 25 heavy (non-hydrogen) atoms. The van der Waals surface area contributed by atoms with Gasteiger partial charge in [-0.1, -0.05) is 72.8 Å². The fourth-order valence-corrected chi connectivity index (χ4v) is 2.54. The molecule has 0 unspecified atom stereocenters. The molecule has 0 bridgehead atoms.